The Bertz CT molecular complexity index is 627. The first kappa shape index (κ1) is 18.4. The van der Waals surface area contributed by atoms with Crippen molar-refractivity contribution in [3.63, 3.8) is 0 Å². The van der Waals surface area contributed by atoms with Gasteiger partial charge in [-0.3, -0.25) is 4.79 Å². The lowest BCUT2D eigenvalue weighted by atomic mass is 9.71. The van der Waals surface area contributed by atoms with Crippen molar-refractivity contribution < 1.29 is 20.0 Å². The lowest BCUT2D eigenvalue weighted by Crippen LogP contribution is -2.96. The van der Waals surface area contributed by atoms with Crippen LogP contribution in [0.5, 0.6) is 5.75 Å². The van der Waals surface area contributed by atoms with E-state index in [-0.39, 0.29) is 17.6 Å². The zero-order chi connectivity index (χ0) is 18.1. The number of fused-ring (bicyclic) bond motifs is 1. The molecule has 25 heavy (non-hydrogen) atoms. The number of hydrogen-bond acceptors (Lipinski definition) is 3. The zero-order valence-corrected chi connectivity index (χ0v) is 15.8. The topological polar surface area (TPSA) is 63.1 Å². The lowest BCUT2D eigenvalue weighted by Gasteiger charge is -2.31. The molecule has 0 radical (unpaired) electrons. The van der Waals surface area contributed by atoms with Gasteiger partial charge >= 0.3 is 0 Å². The number of quaternary nitrogens is 1. The van der Waals surface area contributed by atoms with Crippen LogP contribution in [-0.2, 0) is 6.42 Å². The number of hydrogen-bond donors (Lipinski definition) is 2. The van der Waals surface area contributed by atoms with Crippen molar-refractivity contribution >= 4 is 5.78 Å². The van der Waals surface area contributed by atoms with Gasteiger partial charge in [-0.15, -0.1) is 0 Å². The summed E-state index contributed by atoms with van der Waals surface area (Å²) in [6, 6.07) is 5.79. The van der Waals surface area contributed by atoms with Crippen LogP contribution >= 0.6 is 0 Å². The van der Waals surface area contributed by atoms with Crippen molar-refractivity contribution in [2.45, 2.75) is 70.9 Å². The summed E-state index contributed by atoms with van der Waals surface area (Å²) in [6.07, 6.45) is 5.84. The number of aliphatic hydroxyl groups is 1. The van der Waals surface area contributed by atoms with Crippen LogP contribution in [0.3, 0.4) is 0 Å². The van der Waals surface area contributed by atoms with E-state index in [1.807, 2.05) is 18.2 Å². The van der Waals surface area contributed by atoms with Gasteiger partial charge in [-0.05, 0) is 46.1 Å². The molecule has 0 unspecified atom stereocenters. The minimum Gasteiger partial charge on any atom is -0.490 e. The summed E-state index contributed by atoms with van der Waals surface area (Å²) in [4.78, 5) is 13.0. The molecule has 0 aliphatic heterocycles. The summed E-state index contributed by atoms with van der Waals surface area (Å²) in [5, 5.41) is 12.3. The van der Waals surface area contributed by atoms with Gasteiger partial charge in [0.15, 0.2) is 5.78 Å². The average molecular weight is 346 g/mol. The zero-order valence-electron chi connectivity index (χ0n) is 15.8. The molecule has 0 aromatic heterocycles. The SMILES string of the molecule is CC(C)(C)[NH2+]C[C@@H](O)COc1cccc2c1CC1(CCCCC1)C2=O. The molecule has 4 heteroatoms. The van der Waals surface area contributed by atoms with E-state index in [1.165, 1.54) is 6.42 Å². The molecule has 0 amide bonds. The first-order valence-electron chi connectivity index (χ1n) is 9.63. The van der Waals surface area contributed by atoms with Crippen LogP contribution in [0.1, 0.15) is 68.8 Å². The lowest BCUT2D eigenvalue weighted by molar-refractivity contribution is -0.722. The van der Waals surface area contributed by atoms with E-state index in [9.17, 15) is 9.90 Å². The highest BCUT2D eigenvalue weighted by atomic mass is 16.5. The van der Waals surface area contributed by atoms with Gasteiger partial charge in [0, 0.05) is 16.5 Å². The Balaban J connectivity index is 1.67. The highest BCUT2D eigenvalue weighted by molar-refractivity contribution is 6.05. The maximum atomic E-state index is 13.0. The third-order valence-corrected chi connectivity index (χ3v) is 5.62. The summed E-state index contributed by atoms with van der Waals surface area (Å²) in [5.74, 6) is 1.09. The molecular weight excluding hydrogens is 314 g/mol. The number of benzene rings is 1. The second-order valence-corrected chi connectivity index (χ2v) is 8.90. The van der Waals surface area contributed by atoms with Crippen LogP contribution in [0.15, 0.2) is 18.2 Å². The molecule has 138 valence electrons. The highest BCUT2D eigenvalue weighted by Crippen LogP contribution is 2.49. The molecule has 1 fully saturated rings. The normalized spacial score (nSPS) is 20.6. The van der Waals surface area contributed by atoms with Gasteiger partial charge in [0.2, 0.25) is 0 Å². The van der Waals surface area contributed by atoms with Crippen molar-refractivity contribution in [3.05, 3.63) is 29.3 Å². The molecule has 1 spiro atoms. The predicted molar refractivity (Wildman–Crippen MR) is 98.0 cm³/mol. The second kappa shape index (κ2) is 7.08. The predicted octanol–water partition coefficient (Wildman–Crippen LogP) is 2.48. The van der Waals surface area contributed by atoms with Crippen molar-refractivity contribution in [3.8, 4) is 5.75 Å². The standard InChI is InChI=1S/C21H31NO3/c1-20(2,3)22-13-15(23)14-25-18-9-7-8-16-17(18)12-21(19(16)24)10-5-4-6-11-21/h7-9,15,22-23H,4-6,10-14H2,1-3H3/p+1/t15-/m1/s1. The van der Waals surface area contributed by atoms with E-state index in [4.69, 9.17) is 4.74 Å². The molecule has 1 aromatic carbocycles. The average Bonchev–Trinajstić information content (AvgIpc) is 2.84. The van der Waals surface area contributed by atoms with E-state index in [1.54, 1.807) is 0 Å². The third kappa shape index (κ3) is 4.06. The van der Waals surface area contributed by atoms with Gasteiger partial charge < -0.3 is 15.2 Å². The molecule has 0 bridgehead atoms. The maximum Gasteiger partial charge on any atom is 0.169 e. The van der Waals surface area contributed by atoms with Gasteiger partial charge in [-0.2, -0.15) is 0 Å². The molecule has 2 aliphatic rings. The largest absolute Gasteiger partial charge is 0.490 e. The maximum absolute atomic E-state index is 13.0. The summed E-state index contributed by atoms with van der Waals surface area (Å²) in [7, 11) is 0. The van der Waals surface area contributed by atoms with E-state index < -0.39 is 6.10 Å². The fraction of sp³-hybridized carbons (Fsp3) is 0.667. The van der Waals surface area contributed by atoms with Gasteiger partial charge in [-0.25, -0.2) is 0 Å². The van der Waals surface area contributed by atoms with Crippen LogP contribution in [0.2, 0.25) is 0 Å². The molecule has 0 heterocycles. The first-order valence-corrected chi connectivity index (χ1v) is 9.63. The molecule has 3 N–H and O–H groups in total. The number of aliphatic hydroxyl groups excluding tert-OH is 1. The number of ketones is 1. The van der Waals surface area contributed by atoms with Crippen molar-refractivity contribution in [2.24, 2.45) is 5.41 Å². The fourth-order valence-electron chi connectivity index (χ4n) is 4.18. The Hall–Kier alpha value is -1.39. The summed E-state index contributed by atoms with van der Waals surface area (Å²) in [6.45, 7) is 7.26. The van der Waals surface area contributed by atoms with Crippen LogP contribution in [0, 0.1) is 5.41 Å². The highest BCUT2D eigenvalue weighted by Gasteiger charge is 2.46. The first-order chi connectivity index (χ1) is 11.8. The molecule has 0 saturated heterocycles. The van der Waals surface area contributed by atoms with Gasteiger partial charge in [0.05, 0.1) is 5.54 Å². The van der Waals surface area contributed by atoms with Crippen LogP contribution in [0.25, 0.3) is 0 Å². The molecule has 4 nitrogen and oxygen atoms in total. The monoisotopic (exact) mass is 346 g/mol. The molecular formula is C21H32NO3+. The van der Waals surface area contributed by atoms with Crippen molar-refractivity contribution in [1.29, 1.82) is 0 Å². The van der Waals surface area contributed by atoms with Crippen LogP contribution < -0.4 is 10.1 Å². The quantitative estimate of drug-likeness (QED) is 0.861. The summed E-state index contributed by atoms with van der Waals surface area (Å²) in [5.41, 5.74) is 1.81. The van der Waals surface area contributed by atoms with E-state index in [2.05, 4.69) is 26.1 Å². The minimum atomic E-state index is -0.518. The number of rotatable bonds is 5. The smallest absolute Gasteiger partial charge is 0.169 e. The van der Waals surface area contributed by atoms with Gasteiger partial charge in [0.1, 0.15) is 25.0 Å². The Kier molecular flexibility index (Phi) is 5.21. The summed E-state index contributed by atoms with van der Waals surface area (Å²) >= 11 is 0. The van der Waals surface area contributed by atoms with Gasteiger partial charge in [-0.1, -0.05) is 31.4 Å². The van der Waals surface area contributed by atoms with Gasteiger partial charge in [0.25, 0.3) is 0 Å². The minimum absolute atomic E-state index is 0.0920. The van der Waals surface area contributed by atoms with Crippen LogP contribution in [-0.4, -0.2) is 35.7 Å². The molecule has 1 saturated carbocycles. The molecule has 1 aromatic rings. The second-order valence-electron chi connectivity index (χ2n) is 8.90. The van der Waals surface area contributed by atoms with E-state index in [0.717, 1.165) is 49.0 Å². The van der Waals surface area contributed by atoms with E-state index in [0.29, 0.717) is 12.3 Å². The fourth-order valence-corrected chi connectivity index (χ4v) is 4.18. The third-order valence-electron chi connectivity index (χ3n) is 5.62. The Morgan fingerprint density at radius 2 is 1.96 bits per heavy atom. The van der Waals surface area contributed by atoms with Crippen molar-refractivity contribution in [2.75, 3.05) is 13.2 Å². The number of carbonyl (C=O) groups is 1. The molecule has 1 atom stereocenters. The number of ether oxygens (including phenoxy) is 1. The molecule has 3 rings (SSSR count). The Morgan fingerprint density at radius 1 is 1.24 bits per heavy atom. The number of carbonyl (C=O) groups excluding carboxylic acids is 1. The van der Waals surface area contributed by atoms with Crippen molar-refractivity contribution in [1.82, 2.24) is 0 Å². The summed E-state index contributed by atoms with van der Waals surface area (Å²) < 4.78 is 5.94. The van der Waals surface area contributed by atoms with Crippen LogP contribution in [0.4, 0.5) is 0 Å². The molecule has 2 aliphatic carbocycles. The Labute approximate surface area is 151 Å². The number of nitrogens with two attached hydrogens (primary N) is 1. The Morgan fingerprint density at radius 3 is 2.64 bits per heavy atom. The van der Waals surface area contributed by atoms with E-state index >= 15 is 0 Å². The number of Topliss-reactive ketones (excluding diaryl/α,β-unsaturated/α-hetero) is 1.